The lowest BCUT2D eigenvalue weighted by molar-refractivity contribution is 0.0692. The minimum Gasteiger partial charge on any atom is -0.478 e. The van der Waals surface area contributed by atoms with E-state index >= 15 is 0 Å². The first-order valence-corrected chi connectivity index (χ1v) is 6.32. The number of pyridine rings is 1. The van der Waals surface area contributed by atoms with Gasteiger partial charge in [0, 0.05) is 17.5 Å². The van der Waals surface area contributed by atoms with E-state index in [2.05, 4.69) is 4.98 Å². The lowest BCUT2D eigenvalue weighted by atomic mass is 10.2. The van der Waals surface area contributed by atoms with E-state index in [-0.39, 0.29) is 21.9 Å². The van der Waals surface area contributed by atoms with E-state index in [1.165, 1.54) is 24.4 Å². The SMILES string of the molecule is O=C(O)c1cccnc1SCc1c(F)cccc1F. The molecule has 1 N–H and O–H groups in total. The molecular weight excluding hydrogens is 272 g/mol. The van der Waals surface area contributed by atoms with Crippen LogP contribution in [0.5, 0.6) is 0 Å². The van der Waals surface area contributed by atoms with Crippen LogP contribution in [0, 0.1) is 11.6 Å². The van der Waals surface area contributed by atoms with Gasteiger partial charge in [-0.3, -0.25) is 0 Å². The molecule has 2 aromatic rings. The highest BCUT2D eigenvalue weighted by molar-refractivity contribution is 7.98. The number of thioether (sulfide) groups is 1. The van der Waals surface area contributed by atoms with Gasteiger partial charge in [-0.1, -0.05) is 6.07 Å². The van der Waals surface area contributed by atoms with Gasteiger partial charge in [-0.15, -0.1) is 11.8 Å². The molecule has 0 aliphatic rings. The van der Waals surface area contributed by atoms with Crippen LogP contribution in [0.2, 0.25) is 0 Å². The van der Waals surface area contributed by atoms with E-state index in [1.54, 1.807) is 0 Å². The molecule has 0 aliphatic carbocycles. The van der Waals surface area contributed by atoms with Crippen LogP contribution < -0.4 is 0 Å². The van der Waals surface area contributed by atoms with Crippen molar-refractivity contribution in [2.75, 3.05) is 0 Å². The molecule has 98 valence electrons. The van der Waals surface area contributed by atoms with E-state index < -0.39 is 17.6 Å². The molecule has 0 bridgehead atoms. The molecule has 0 spiro atoms. The summed E-state index contributed by atoms with van der Waals surface area (Å²) in [6, 6.07) is 6.50. The van der Waals surface area contributed by atoms with Crippen LogP contribution >= 0.6 is 11.8 Å². The Morgan fingerprint density at radius 3 is 2.53 bits per heavy atom. The lowest BCUT2D eigenvalue weighted by Gasteiger charge is -2.06. The zero-order valence-corrected chi connectivity index (χ0v) is 10.5. The van der Waals surface area contributed by atoms with Gasteiger partial charge in [0.25, 0.3) is 0 Å². The Hall–Kier alpha value is -1.95. The van der Waals surface area contributed by atoms with Crippen LogP contribution in [0.25, 0.3) is 0 Å². The Balaban J connectivity index is 2.22. The summed E-state index contributed by atoms with van der Waals surface area (Å²) in [5.41, 5.74) is -0.0706. The fraction of sp³-hybridized carbons (Fsp3) is 0.0769. The highest BCUT2D eigenvalue weighted by Gasteiger charge is 2.14. The second-order valence-corrected chi connectivity index (χ2v) is 4.61. The quantitative estimate of drug-likeness (QED) is 0.873. The van der Waals surface area contributed by atoms with Crippen LogP contribution in [0.4, 0.5) is 8.78 Å². The predicted molar refractivity (Wildman–Crippen MR) is 67.1 cm³/mol. The number of aromatic carboxylic acids is 1. The Morgan fingerprint density at radius 2 is 1.89 bits per heavy atom. The third kappa shape index (κ3) is 3.08. The zero-order chi connectivity index (χ0) is 13.8. The maximum Gasteiger partial charge on any atom is 0.338 e. The van der Waals surface area contributed by atoms with Gasteiger partial charge in [-0.25, -0.2) is 18.6 Å². The Morgan fingerprint density at radius 1 is 1.21 bits per heavy atom. The van der Waals surface area contributed by atoms with Gasteiger partial charge in [0.15, 0.2) is 0 Å². The average Bonchev–Trinajstić information content (AvgIpc) is 2.38. The minimum atomic E-state index is -1.12. The normalized spacial score (nSPS) is 10.4. The van der Waals surface area contributed by atoms with Gasteiger partial charge in [0.05, 0.1) is 5.56 Å². The van der Waals surface area contributed by atoms with Crippen LogP contribution in [0.15, 0.2) is 41.6 Å². The number of rotatable bonds is 4. The maximum atomic E-state index is 13.4. The predicted octanol–water partition coefficient (Wildman–Crippen LogP) is 3.35. The first-order valence-electron chi connectivity index (χ1n) is 5.33. The number of carboxylic acid groups (broad SMARTS) is 1. The molecule has 1 heterocycles. The van der Waals surface area contributed by atoms with Gasteiger partial charge in [-0.05, 0) is 24.3 Å². The molecule has 0 fully saturated rings. The number of aromatic nitrogens is 1. The van der Waals surface area contributed by atoms with Crippen molar-refractivity contribution in [3.05, 3.63) is 59.3 Å². The summed E-state index contributed by atoms with van der Waals surface area (Å²) in [5, 5.41) is 9.20. The Kier molecular flexibility index (Phi) is 4.11. The van der Waals surface area contributed by atoms with E-state index in [0.29, 0.717) is 0 Å². The standard InChI is InChI=1S/C13H9F2NO2S/c14-10-4-1-5-11(15)9(10)7-19-12-8(13(17)18)3-2-6-16-12/h1-6H,7H2,(H,17,18). The highest BCUT2D eigenvalue weighted by Crippen LogP contribution is 2.26. The summed E-state index contributed by atoms with van der Waals surface area (Å²) < 4.78 is 26.8. The molecule has 3 nitrogen and oxygen atoms in total. The first kappa shape index (κ1) is 13.5. The second kappa shape index (κ2) is 5.79. The number of halogens is 2. The Labute approximate surface area is 112 Å². The highest BCUT2D eigenvalue weighted by atomic mass is 32.2. The van der Waals surface area contributed by atoms with Crippen molar-refractivity contribution < 1.29 is 18.7 Å². The van der Waals surface area contributed by atoms with E-state index in [9.17, 15) is 13.6 Å². The van der Waals surface area contributed by atoms with E-state index in [1.807, 2.05) is 0 Å². The van der Waals surface area contributed by atoms with E-state index in [0.717, 1.165) is 23.9 Å². The van der Waals surface area contributed by atoms with Gasteiger partial charge < -0.3 is 5.11 Å². The molecule has 6 heteroatoms. The van der Waals surface area contributed by atoms with Crippen LogP contribution in [-0.2, 0) is 5.75 Å². The van der Waals surface area contributed by atoms with Gasteiger partial charge >= 0.3 is 5.97 Å². The van der Waals surface area contributed by atoms with Crippen molar-refractivity contribution in [1.82, 2.24) is 4.98 Å². The fourth-order valence-electron chi connectivity index (χ4n) is 1.48. The van der Waals surface area contributed by atoms with Gasteiger partial charge in [0.1, 0.15) is 16.7 Å². The maximum absolute atomic E-state index is 13.4. The van der Waals surface area contributed by atoms with Crippen LogP contribution in [0.3, 0.4) is 0 Å². The zero-order valence-electron chi connectivity index (χ0n) is 9.64. The molecular formula is C13H9F2NO2S. The molecule has 0 unspecified atom stereocenters. The molecule has 0 saturated heterocycles. The summed E-state index contributed by atoms with van der Waals surface area (Å²) in [5.74, 6) is -2.44. The van der Waals surface area contributed by atoms with Crippen LogP contribution in [0.1, 0.15) is 15.9 Å². The summed E-state index contributed by atoms with van der Waals surface area (Å²) in [6.45, 7) is 0. The molecule has 1 aromatic heterocycles. The third-order valence-corrected chi connectivity index (χ3v) is 3.45. The molecule has 0 radical (unpaired) electrons. The summed E-state index contributed by atoms with van der Waals surface area (Å²) in [4.78, 5) is 14.9. The summed E-state index contributed by atoms with van der Waals surface area (Å²) in [6.07, 6.45) is 1.44. The molecule has 19 heavy (non-hydrogen) atoms. The van der Waals surface area contributed by atoms with Gasteiger partial charge in [-0.2, -0.15) is 0 Å². The molecule has 1 aromatic carbocycles. The Bertz CT molecular complexity index is 599. The van der Waals surface area contributed by atoms with Crippen molar-refractivity contribution in [1.29, 1.82) is 0 Å². The topological polar surface area (TPSA) is 50.2 Å². The summed E-state index contributed by atoms with van der Waals surface area (Å²) in [7, 11) is 0. The van der Waals surface area contributed by atoms with Crippen molar-refractivity contribution in [3.63, 3.8) is 0 Å². The lowest BCUT2D eigenvalue weighted by Crippen LogP contribution is -2.01. The molecule has 0 atom stereocenters. The van der Waals surface area contributed by atoms with Gasteiger partial charge in [0.2, 0.25) is 0 Å². The molecule has 2 rings (SSSR count). The minimum absolute atomic E-state index is 0.0178. The fourth-order valence-corrected chi connectivity index (χ4v) is 2.48. The molecule has 0 saturated carbocycles. The van der Waals surface area contributed by atoms with Crippen molar-refractivity contribution in [3.8, 4) is 0 Å². The number of hydrogen-bond acceptors (Lipinski definition) is 3. The smallest absolute Gasteiger partial charge is 0.338 e. The van der Waals surface area contributed by atoms with E-state index in [4.69, 9.17) is 5.11 Å². The van der Waals surface area contributed by atoms with Crippen molar-refractivity contribution >= 4 is 17.7 Å². The number of benzene rings is 1. The summed E-state index contributed by atoms with van der Waals surface area (Å²) >= 11 is 0.985. The third-order valence-electron chi connectivity index (χ3n) is 2.42. The number of carbonyl (C=O) groups is 1. The monoisotopic (exact) mass is 281 g/mol. The average molecular weight is 281 g/mol. The molecule has 0 aliphatic heterocycles. The second-order valence-electron chi connectivity index (χ2n) is 3.65. The van der Waals surface area contributed by atoms with Crippen molar-refractivity contribution in [2.24, 2.45) is 0 Å². The molecule has 0 amide bonds. The largest absolute Gasteiger partial charge is 0.478 e. The number of carboxylic acids is 1. The number of hydrogen-bond donors (Lipinski definition) is 1. The van der Waals surface area contributed by atoms with Crippen LogP contribution in [-0.4, -0.2) is 16.1 Å². The first-order chi connectivity index (χ1) is 9.09. The number of nitrogens with zero attached hydrogens (tertiary/aromatic N) is 1. The van der Waals surface area contributed by atoms with Crippen molar-refractivity contribution in [2.45, 2.75) is 10.8 Å².